The van der Waals surface area contributed by atoms with Crippen LogP contribution in [0.15, 0.2) is 30.3 Å². The van der Waals surface area contributed by atoms with E-state index in [1.54, 1.807) is 18.2 Å². The molecular formula is C18H23Cl2N5O. The molecule has 2 N–H and O–H groups in total. The van der Waals surface area contributed by atoms with Gasteiger partial charge in [0.05, 0.1) is 0 Å². The van der Waals surface area contributed by atoms with Crippen LogP contribution in [0, 0.1) is 0 Å². The summed E-state index contributed by atoms with van der Waals surface area (Å²) in [5, 5.41) is 15.3. The Balaban J connectivity index is 1.77. The van der Waals surface area contributed by atoms with Crippen LogP contribution in [0.4, 0.5) is 5.82 Å². The first-order valence-corrected chi connectivity index (χ1v) is 9.16. The average Bonchev–Trinajstić information content (AvgIpc) is 2.61. The number of aromatic nitrogens is 2. The Morgan fingerprint density at radius 3 is 2.58 bits per heavy atom. The summed E-state index contributed by atoms with van der Waals surface area (Å²) < 4.78 is 0. The average molecular weight is 396 g/mol. The van der Waals surface area contributed by atoms with Crippen molar-refractivity contribution < 1.29 is 4.79 Å². The number of nitrogens with zero attached hydrogens (tertiary/aromatic N) is 3. The molecule has 26 heavy (non-hydrogen) atoms. The first kappa shape index (κ1) is 20.4. The van der Waals surface area contributed by atoms with E-state index in [4.69, 9.17) is 23.2 Å². The number of carbonyl (C=O) groups is 1. The van der Waals surface area contributed by atoms with E-state index in [-0.39, 0.29) is 5.91 Å². The molecule has 1 aromatic heterocycles. The SMILES string of the molecule is CN(C)CCCNC(=O)c1ccc(NCCc2ccc(Cl)cc2Cl)nn1. The third-order valence-corrected chi connectivity index (χ3v) is 4.27. The molecule has 0 aliphatic carbocycles. The van der Waals surface area contributed by atoms with Crippen molar-refractivity contribution in [1.82, 2.24) is 20.4 Å². The molecule has 0 saturated carbocycles. The summed E-state index contributed by atoms with van der Waals surface area (Å²) >= 11 is 12.0. The molecule has 8 heteroatoms. The second kappa shape index (κ2) is 10.3. The first-order chi connectivity index (χ1) is 12.5. The largest absolute Gasteiger partial charge is 0.368 e. The van der Waals surface area contributed by atoms with Gasteiger partial charge in [0.15, 0.2) is 5.69 Å². The summed E-state index contributed by atoms with van der Waals surface area (Å²) in [6.45, 7) is 2.18. The lowest BCUT2D eigenvalue weighted by molar-refractivity contribution is 0.0946. The lowest BCUT2D eigenvalue weighted by Crippen LogP contribution is -2.28. The number of hydrogen-bond donors (Lipinski definition) is 2. The molecule has 0 saturated heterocycles. The molecule has 6 nitrogen and oxygen atoms in total. The second-order valence-corrected chi connectivity index (χ2v) is 6.97. The van der Waals surface area contributed by atoms with Crippen LogP contribution in [0.3, 0.4) is 0 Å². The maximum Gasteiger partial charge on any atom is 0.271 e. The highest BCUT2D eigenvalue weighted by atomic mass is 35.5. The Labute approximate surface area is 163 Å². The van der Waals surface area contributed by atoms with Crippen molar-refractivity contribution >= 4 is 34.9 Å². The first-order valence-electron chi connectivity index (χ1n) is 8.40. The summed E-state index contributed by atoms with van der Waals surface area (Å²) in [7, 11) is 4.00. The van der Waals surface area contributed by atoms with Gasteiger partial charge in [-0.05, 0) is 63.3 Å². The quantitative estimate of drug-likeness (QED) is 0.638. The molecule has 0 unspecified atom stereocenters. The van der Waals surface area contributed by atoms with Gasteiger partial charge in [-0.3, -0.25) is 4.79 Å². The Morgan fingerprint density at radius 2 is 1.92 bits per heavy atom. The maximum atomic E-state index is 12.0. The Hall–Kier alpha value is -1.89. The summed E-state index contributed by atoms with van der Waals surface area (Å²) in [6, 6.07) is 8.84. The number of rotatable bonds is 9. The molecule has 0 fully saturated rings. The number of anilines is 1. The summed E-state index contributed by atoms with van der Waals surface area (Å²) in [5.41, 5.74) is 1.31. The van der Waals surface area contributed by atoms with Crippen molar-refractivity contribution in [3.8, 4) is 0 Å². The Bertz CT molecular complexity index is 722. The molecule has 1 amide bonds. The molecule has 140 valence electrons. The zero-order chi connectivity index (χ0) is 18.9. The van der Waals surface area contributed by atoms with E-state index in [0.29, 0.717) is 34.6 Å². The molecule has 2 rings (SSSR count). The summed E-state index contributed by atoms with van der Waals surface area (Å²) in [5.74, 6) is 0.398. The minimum atomic E-state index is -0.212. The molecule has 2 aromatic rings. The van der Waals surface area contributed by atoms with E-state index in [1.165, 1.54) is 0 Å². The van der Waals surface area contributed by atoms with Crippen LogP contribution in [0.1, 0.15) is 22.5 Å². The highest BCUT2D eigenvalue weighted by molar-refractivity contribution is 6.35. The standard InChI is InChI=1S/C18H23Cl2N5O/c1-25(2)11-3-9-22-18(26)16-6-7-17(24-23-16)21-10-8-13-4-5-14(19)12-15(13)20/h4-7,12H,3,8-11H2,1-2H3,(H,21,24)(H,22,26). The van der Waals surface area contributed by atoms with E-state index in [2.05, 4.69) is 25.7 Å². The predicted molar refractivity (Wildman–Crippen MR) is 106 cm³/mol. The van der Waals surface area contributed by atoms with Crippen LogP contribution in [0.5, 0.6) is 0 Å². The van der Waals surface area contributed by atoms with Crippen molar-refractivity contribution in [2.24, 2.45) is 0 Å². The highest BCUT2D eigenvalue weighted by Crippen LogP contribution is 2.21. The number of nitrogens with one attached hydrogen (secondary N) is 2. The van der Waals surface area contributed by atoms with Crippen molar-refractivity contribution in [2.75, 3.05) is 39.0 Å². The van der Waals surface area contributed by atoms with Crippen LogP contribution >= 0.6 is 23.2 Å². The molecule has 0 aliphatic heterocycles. The van der Waals surface area contributed by atoms with Gasteiger partial charge < -0.3 is 15.5 Å². The molecule has 0 radical (unpaired) electrons. The topological polar surface area (TPSA) is 70.2 Å². The third kappa shape index (κ3) is 6.78. The number of amides is 1. The van der Waals surface area contributed by atoms with Crippen molar-refractivity contribution in [2.45, 2.75) is 12.8 Å². The smallest absolute Gasteiger partial charge is 0.271 e. The van der Waals surface area contributed by atoms with E-state index >= 15 is 0 Å². The summed E-state index contributed by atoms with van der Waals surface area (Å²) in [4.78, 5) is 14.1. The van der Waals surface area contributed by atoms with Gasteiger partial charge >= 0.3 is 0 Å². The fraction of sp³-hybridized carbons (Fsp3) is 0.389. The predicted octanol–water partition coefficient (Wildman–Crippen LogP) is 3.12. The van der Waals surface area contributed by atoms with Gasteiger partial charge in [0.2, 0.25) is 0 Å². The van der Waals surface area contributed by atoms with Gasteiger partial charge in [-0.1, -0.05) is 29.3 Å². The van der Waals surface area contributed by atoms with Crippen molar-refractivity contribution in [3.05, 3.63) is 51.6 Å². The molecule has 0 aliphatic rings. The Morgan fingerprint density at radius 1 is 1.12 bits per heavy atom. The molecular weight excluding hydrogens is 373 g/mol. The zero-order valence-electron chi connectivity index (χ0n) is 14.9. The van der Waals surface area contributed by atoms with E-state index < -0.39 is 0 Å². The monoisotopic (exact) mass is 395 g/mol. The van der Waals surface area contributed by atoms with Gasteiger partial charge in [-0.25, -0.2) is 0 Å². The van der Waals surface area contributed by atoms with Crippen molar-refractivity contribution in [1.29, 1.82) is 0 Å². The van der Waals surface area contributed by atoms with Crippen LogP contribution in [-0.2, 0) is 6.42 Å². The molecule has 0 bridgehead atoms. The minimum absolute atomic E-state index is 0.212. The normalized spacial score (nSPS) is 10.8. The summed E-state index contributed by atoms with van der Waals surface area (Å²) in [6.07, 6.45) is 1.62. The third-order valence-electron chi connectivity index (χ3n) is 3.68. The molecule has 0 spiro atoms. The second-order valence-electron chi connectivity index (χ2n) is 6.13. The number of halogens is 2. The number of carbonyl (C=O) groups excluding carboxylic acids is 1. The fourth-order valence-corrected chi connectivity index (χ4v) is 2.79. The van der Waals surface area contributed by atoms with Gasteiger partial charge in [0.1, 0.15) is 5.82 Å². The molecule has 0 atom stereocenters. The minimum Gasteiger partial charge on any atom is -0.368 e. The number of hydrogen-bond acceptors (Lipinski definition) is 5. The van der Waals surface area contributed by atoms with Gasteiger partial charge in [-0.15, -0.1) is 10.2 Å². The molecule has 1 aromatic carbocycles. The fourth-order valence-electron chi connectivity index (χ4n) is 2.29. The lowest BCUT2D eigenvalue weighted by atomic mass is 10.1. The highest BCUT2D eigenvalue weighted by Gasteiger charge is 2.08. The number of benzene rings is 1. The van der Waals surface area contributed by atoms with Crippen LogP contribution in [0.25, 0.3) is 0 Å². The van der Waals surface area contributed by atoms with E-state index in [0.717, 1.165) is 24.9 Å². The molecule has 1 heterocycles. The van der Waals surface area contributed by atoms with Crippen LogP contribution in [0.2, 0.25) is 10.0 Å². The lowest BCUT2D eigenvalue weighted by Gasteiger charge is -2.10. The van der Waals surface area contributed by atoms with Crippen LogP contribution in [-0.4, -0.2) is 54.7 Å². The van der Waals surface area contributed by atoms with E-state index in [1.807, 2.05) is 26.2 Å². The van der Waals surface area contributed by atoms with Crippen molar-refractivity contribution in [3.63, 3.8) is 0 Å². The van der Waals surface area contributed by atoms with Gasteiger partial charge in [0.25, 0.3) is 5.91 Å². The zero-order valence-corrected chi connectivity index (χ0v) is 16.4. The Kier molecular flexibility index (Phi) is 8.09. The van der Waals surface area contributed by atoms with E-state index in [9.17, 15) is 4.79 Å². The maximum absolute atomic E-state index is 12.0. The van der Waals surface area contributed by atoms with Crippen LogP contribution < -0.4 is 10.6 Å². The van der Waals surface area contributed by atoms with Gasteiger partial charge in [0, 0.05) is 23.1 Å². The van der Waals surface area contributed by atoms with Gasteiger partial charge in [-0.2, -0.15) is 0 Å².